The first-order valence-corrected chi connectivity index (χ1v) is 7.95. The lowest BCUT2D eigenvalue weighted by atomic mass is 10.2. The molecule has 0 bridgehead atoms. The summed E-state index contributed by atoms with van der Waals surface area (Å²) in [5.74, 6) is 1.66. The van der Waals surface area contributed by atoms with Gasteiger partial charge in [0.05, 0.1) is 20.0 Å². The first-order chi connectivity index (χ1) is 11.0. The van der Waals surface area contributed by atoms with Gasteiger partial charge < -0.3 is 18.9 Å². The second kappa shape index (κ2) is 7.87. The molecule has 0 aliphatic heterocycles. The smallest absolute Gasteiger partial charge is 0.233 e. The summed E-state index contributed by atoms with van der Waals surface area (Å²) in [6, 6.07) is 5.63. The summed E-state index contributed by atoms with van der Waals surface area (Å²) in [4.78, 5) is 13.9. The maximum absolute atomic E-state index is 12.2. The lowest BCUT2D eigenvalue weighted by Gasteiger charge is -2.18. The van der Waals surface area contributed by atoms with Gasteiger partial charge in [0.25, 0.3) is 0 Å². The number of carbonyl (C=O) groups is 1. The van der Waals surface area contributed by atoms with E-state index in [9.17, 15) is 4.79 Å². The molecule has 1 aromatic carbocycles. The number of benzene rings is 1. The van der Waals surface area contributed by atoms with Crippen molar-refractivity contribution in [3.05, 3.63) is 30.1 Å². The number of nitrogens with zero attached hydrogens (tertiary/aromatic N) is 4. The number of carbonyl (C=O) groups excluding carboxylic acids is 1. The van der Waals surface area contributed by atoms with Crippen molar-refractivity contribution in [2.45, 2.75) is 11.7 Å². The lowest BCUT2D eigenvalue weighted by molar-refractivity contribution is -0.127. The van der Waals surface area contributed by atoms with Crippen LogP contribution in [0.2, 0.25) is 0 Å². The lowest BCUT2D eigenvalue weighted by Crippen LogP contribution is -2.27. The maximum Gasteiger partial charge on any atom is 0.233 e. The van der Waals surface area contributed by atoms with E-state index in [2.05, 4.69) is 10.2 Å². The first-order valence-electron chi connectivity index (χ1n) is 6.96. The molecule has 0 saturated carbocycles. The summed E-state index contributed by atoms with van der Waals surface area (Å²) in [5.41, 5.74) is 0.974. The molecule has 8 heteroatoms. The quantitative estimate of drug-likeness (QED) is 0.715. The molecule has 0 aliphatic carbocycles. The van der Waals surface area contributed by atoms with Gasteiger partial charge in [-0.25, -0.2) is 0 Å². The van der Waals surface area contributed by atoms with E-state index in [1.807, 2.05) is 25.2 Å². The van der Waals surface area contributed by atoms with E-state index in [1.165, 1.54) is 11.8 Å². The van der Waals surface area contributed by atoms with Crippen LogP contribution in [0.4, 0.5) is 0 Å². The number of aryl methyl sites for hydroxylation is 1. The molecule has 0 N–H and O–H groups in total. The van der Waals surface area contributed by atoms with Crippen molar-refractivity contribution in [3.8, 4) is 11.5 Å². The minimum atomic E-state index is 0.0211. The molecule has 0 spiro atoms. The molecule has 0 unspecified atom stereocenters. The molecule has 0 fully saturated rings. The van der Waals surface area contributed by atoms with Crippen LogP contribution in [0.3, 0.4) is 0 Å². The largest absolute Gasteiger partial charge is 0.493 e. The summed E-state index contributed by atoms with van der Waals surface area (Å²) in [7, 11) is 6.81. The predicted octanol–water partition coefficient (Wildman–Crippen LogP) is 1.58. The SMILES string of the molecule is COc1ccc(CN(C)C(=O)CSc2nncn2C)cc1OC. The van der Waals surface area contributed by atoms with Crippen LogP contribution in [0.1, 0.15) is 5.56 Å². The summed E-state index contributed by atoms with van der Waals surface area (Å²) >= 11 is 1.37. The Morgan fingerprint density at radius 2 is 2.04 bits per heavy atom. The van der Waals surface area contributed by atoms with E-state index in [0.717, 1.165) is 10.7 Å². The Bertz CT molecular complexity index is 674. The third-order valence-electron chi connectivity index (χ3n) is 3.29. The Morgan fingerprint density at radius 3 is 2.65 bits per heavy atom. The van der Waals surface area contributed by atoms with Crippen LogP contribution in [0.15, 0.2) is 29.7 Å². The van der Waals surface area contributed by atoms with E-state index in [1.54, 1.807) is 37.1 Å². The highest BCUT2D eigenvalue weighted by Gasteiger charge is 2.13. The van der Waals surface area contributed by atoms with Gasteiger partial charge in [-0.2, -0.15) is 0 Å². The van der Waals surface area contributed by atoms with Crippen molar-refractivity contribution < 1.29 is 14.3 Å². The van der Waals surface area contributed by atoms with Gasteiger partial charge in [-0.3, -0.25) is 4.79 Å². The average Bonchev–Trinajstić information content (AvgIpc) is 2.97. The highest BCUT2D eigenvalue weighted by atomic mass is 32.2. The zero-order chi connectivity index (χ0) is 16.8. The number of aromatic nitrogens is 3. The van der Waals surface area contributed by atoms with Crippen LogP contribution in [-0.2, 0) is 18.4 Å². The number of thioether (sulfide) groups is 1. The minimum absolute atomic E-state index is 0.0211. The molecule has 2 aromatic rings. The standard InChI is InChI=1S/C15H20N4O3S/c1-18(14(20)9-23-15-17-16-10-19(15)2)8-11-5-6-12(21-3)13(7-11)22-4/h5-7,10H,8-9H2,1-4H3. The van der Waals surface area contributed by atoms with E-state index in [0.29, 0.717) is 23.8 Å². The Morgan fingerprint density at radius 1 is 1.30 bits per heavy atom. The third kappa shape index (κ3) is 4.38. The fraction of sp³-hybridized carbons (Fsp3) is 0.400. The Hall–Kier alpha value is -2.22. The number of ether oxygens (including phenoxy) is 2. The number of hydrogen-bond donors (Lipinski definition) is 0. The molecule has 0 atom stereocenters. The number of hydrogen-bond acceptors (Lipinski definition) is 6. The van der Waals surface area contributed by atoms with Crippen molar-refractivity contribution in [1.29, 1.82) is 0 Å². The Kier molecular flexibility index (Phi) is 5.86. The maximum atomic E-state index is 12.2. The van der Waals surface area contributed by atoms with Crippen molar-refractivity contribution in [3.63, 3.8) is 0 Å². The van der Waals surface area contributed by atoms with E-state index in [-0.39, 0.29) is 5.91 Å². The van der Waals surface area contributed by atoms with Gasteiger partial charge >= 0.3 is 0 Å². The molecule has 1 aromatic heterocycles. The second-order valence-electron chi connectivity index (χ2n) is 4.95. The van der Waals surface area contributed by atoms with Gasteiger partial charge in [-0.05, 0) is 17.7 Å². The highest BCUT2D eigenvalue weighted by Crippen LogP contribution is 2.28. The molecular formula is C15H20N4O3S. The summed E-state index contributed by atoms with van der Waals surface area (Å²) in [6.07, 6.45) is 1.61. The molecule has 7 nitrogen and oxygen atoms in total. The monoisotopic (exact) mass is 336 g/mol. The number of amides is 1. The van der Waals surface area contributed by atoms with Crippen LogP contribution in [-0.4, -0.2) is 52.6 Å². The van der Waals surface area contributed by atoms with E-state index in [4.69, 9.17) is 9.47 Å². The van der Waals surface area contributed by atoms with Crippen molar-refractivity contribution in [2.75, 3.05) is 27.0 Å². The third-order valence-corrected chi connectivity index (χ3v) is 4.31. The fourth-order valence-electron chi connectivity index (χ4n) is 1.98. The fourth-order valence-corrected chi connectivity index (χ4v) is 2.81. The van der Waals surface area contributed by atoms with Crippen molar-refractivity contribution in [2.24, 2.45) is 7.05 Å². The van der Waals surface area contributed by atoms with Crippen LogP contribution in [0, 0.1) is 0 Å². The Balaban J connectivity index is 1.94. The second-order valence-corrected chi connectivity index (χ2v) is 5.89. The van der Waals surface area contributed by atoms with Crippen molar-refractivity contribution >= 4 is 17.7 Å². The van der Waals surface area contributed by atoms with Crippen molar-refractivity contribution in [1.82, 2.24) is 19.7 Å². The first kappa shape index (κ1) is 17.1. The summed E-state index contributed by atoms with van der Waals surface area (Å²) < 4.78 is 12.3. The molecular weight excluding hydrogens is 316 g/mol. The van der Waals surface area contributed by atoms with Crippen LogP contribution < -0.4 is 9.47 Å². The van der Waals surface area contributed by atoms with E-state index < -0.39 is 0 Å². The Labute approximate surface area is 139 Å². The minimum Gasteiger partial charge on any atom is -0.493 e. The summed E-state index contributed by atoms with van der Waals surface area (Å²) in [5, 5.41) is 8.46. The molecule has 0 radical (unpaired) electrons. The van der Waals surface area contributed by atoms with E-state index >= 15 is 0 Å². The van der Waals surface area contributed by atoms with Gasteiger partial charge in [-0.1, -0.05) is 17.8 Å². The van der Waals surface area contributed by atoms with Gasteiger partial charge in [-0.15, -0.1) is 10.2 Å². The molecule has 0 aliphatic rings. The molecule has 2 rings (SSSR count). The molecule has 0 saturated heterocycles. The van der Waals surface area contributed by atoms with Crippen LogP contribution in [0.25, 0.3) is 0 Å². The summed E-state index contributed by atoms with van der Waals surface area (Å²) in [6.45, 7) is 0.499. The van der Waals surface area contributed by atoms with Crippen LogP contribution >= 0.6 is 11.8 Å². The average molecular weight is 336 g/mol. The van der Waals surface area contributed by atoms with Gasteiger partial charge in [0, 0.05) is 20.6 Å². The molecule has 1 amide bonds. The van der Waals surface area contributed by atoms with Crippen LogP contribution in [0.5, 0.6) is 11.5 Å². The number of methoxy groups -OCH3 is 2. The molecule has 124 valence electrons. The molecule has 1 heterocycles. The van der Waals surface area contributed by atoms with Gasteiger partial charge in [0.2, 0.25) is 5.91 Å². The van der Waals surface area contributed by atoms with Gasteiger partial charge in [0.1, 0.15) is 6.33 Å². The zero-order valence-electron chi connectivity index (χ0n) is 13.6. The predicted molar refractivity (Wildman–Crippen MR) is 87.7 cm³/mol. The highest BCUT2D eigenvalue weighted by molar-refractivity contribution is 7.99. The normalized spacial score (nSPS) is 10.4. The zero-order valence-corrected chi connectivity index (χ0v) is 14.5. The number of rotatable bonds is 7. The van der Waals surface area contributed by atoms with Gasteiger partial charge in [0.15, 0.2) is 16.7 Å². The topological polar surface area (TPSA) is 69.5 Å². The molecule has 23 heavy (non-hydrogen) atoms.